The highest BCUT2D eigenvalue weighted by atomic mass is 16.4. The van der Waals surface area contributed by atoms with Gasteiger partial charge in [0.25, 0.3) is 0 Å². The molecule has 5 nitrogen and oxygen atoms in total. The van der Waals surface area contributed by atoms with Gasteiger partial charge in [-0.2, -0.15) is 0 Å². The summed E-state index contributed by atoms with van der Waals surface area (Å²) in [6.07, 6.45) is 5.37. The van der Waals surface area contributed by atoms with Crippen LogP contribution < -0.4 is 5.73 Å². The van der Waals surface area contributed by atoms with Crippen LogP contribution >= 0.6 is 0 Å². The molecule has 0 amide bonds. The molecule has 0 radical (unpaired) electrons. The molecule has 3 aromatic carbocycles. The summed E-state index contributed by atoms with van der Waals surface area (Å²) in [6, 6.07) is 19.6. The summed E-state index contributed by atoms with van der Waals surface area (Å²) in [5.74, 6) is 0.673. The van der Waals surface area contributed by atoms with Crippen molar-refractivity contribution in [3.8, 4) is 11.1 Å². The average Bonchev–Trinajstić information content (AvgIpc) is 2.82. The fraction of sp³-hybridized carbons (Fsp3) is 0.103. The number of carbonyl (C=O) groups is 1. The third-order valence-corrected chi connectivity index (χ3v) is 6.40. The van der Waals surface area contributed by atoms with Crippen molar-refractivity contribution < 1.29 is 14.7 Å². The smallest absolute Gasteiger partial charge is 0.337 e. The van der Waals surface area contributed by atoms with E-state index in [0.29, 0.717) is 16.8 Å². The number of nitrogens with two attached hydrogens (primary N) is 1. The second-order valence-electron chi connectivity index (χ2n) is 8.97. The number of aromatic nitrogens is 1. The van der Waals surface area contributed by atoms with Gasteiger partial charge >= 0.3 is 5.97 Å². The molecule has 1 aromatic heterocycles. The molecular formula is C29H22N2O3. The Hall–Kier alpha value is -4.47. The zero-order chi connectivity index (χ0) is 24.0. The zero-order valence-corrected chi connectivity index (χ0v) is 18.8. The number of rotatable bonds is 3. The van der Waals surface area contributed by atoms with Crippen LogP contribution in [0.5, 0.6) is 0 Å². The van der Waals surface area contributed by atoms with Gasteiger partial charge in [-0.25, -0.2) is 9.59 Å². The maximum absolute atomic E-state index is 12.5. The third-order valence-electron chi connectivity index (χ3n) is 6.40. The lowest BCUT2D eigenvalue weighted by atomic mass is 9.72. The number of hydrogen-bond acceptors (Lipinski definition) is 4. The van der Waals surface area contributed by atoms with E-state index in [1.54, 1.807) is 19.9 Å². The van der Waals surface area contributed by atoms with Crippen LogP contribution in [0.15, 0.2) is 96.0 Å². The molecule has 5 heteroatoms. The highest BCUT2D eigenvalue weighted by molar-refractivity contribution is 6.15. The van der Waals surface area contributed by atoms with Gasteiger partial charge in [-0.15, -0.1) is 0 Å². The molecule has 0 fully saturated rings. The Balaban J connectivity index is 1.93. The van der Waals surface area contributed by atoms with E-state index in [-0.39, 0.29) is 11.1 Å². The normalized spacial score (nSPS) is 15.4. The van der Waals surface area contributed by atoms with Crippen LogP contribution in [0.3, 0.4) is 0 Å². The number of nitrogens with zero attached hydrogens (tertiary/aromatic N) is 1. The fourth-order valence-corrected chi connectivity index (χ4v) is 4.92. The summed E-state index contributed by atoms with van der Waals surface area (Å²) >= 11 is 0. The first kappa shape index (κ1) is 21.4. The Kier molecular flexibility index (Phi) is 4.93. The quantitative estimate of drug-likeness (QED) is 0.404. The van der Waals surface area contributed by atoms with Crippen LogP contribution in [0.25, 0.3) is 38.2 Å². The number of aliphatic carboxylic acids is 1. The summed E-state index contributed by atoms with van der Waals surface area (Å²) in [5.41, 5.74) is 8.73. The van der Waals surface area contributed by atoms with Crippen LogP contribution in [0.4, 0.5) is 0 Å². The van der Waals surface area contributed by atoms with Crippen molar-refractivity contribution in [3.63, 3.8) is 0 Å². The molecule has 5 rings (SSSR count). The monoisotopic (exact) mass is 446 g/mol. The van der Waals surface area contributed by atoms with E-state index in [1.165, 1.54) is 0 Å². The molecule has 0 bridgehead atoms. The van der Waals surface area contributed by atoms with Crippen LogP contribution in [-0.2, 0) is 9.59 Å². The van der Waals surface area contributed by atoms with E-state index < -0.39 is 11.4 Å². The van der Waals surface area contributed by atoms with Gasteiger partial charge in [-0.05, 0) is 33.4 Å². The van der Waals surface area contributed by atoms with Crippen molar-refractivity contribution in [2.75, 3.05) is 0 Å². The molecule has 4 aromatic rings. The first-order chi connectivity index (χ1) is 16.3. The summed E-state index contributed by atoms with van der Waals surface area (Å²) in [5, 5.41) is 14.0. The van der Waals surface area contributed by atoms with Crippen molar-refractivity contribution in [2.45, 2.75) is 13.8 Å². The van der Waals surface area contributed by atoms with Crippen LogP contribution in [0.1, 0.15) is 19.4 Å². The predicted octanol–water partition coefficient (Wildman–Crippen LogP) is 5.53. The van der Waals surface area contributed by atoms with E-state index >= 15 is 0 Å². The molecule has 1 aliphatic carbocycles. The standard InChI is InChI=1S/C29H22N2O3/c1-29(2)13-24(30)26(27(28(33)34)23(29)16-32)21-12-6-9-17-8-5-11-20(25(17)21)22-15-31-14-18-7-3-4-10-19(18)22/h3-15H,30H2,1-2H3,(H,33,34). The van der Waals surface area contributed by atoms with Crippen molar-refractivity contribution in [1.29, 1.82) is 0 Å². The second kappa shape index (κ2) is 7.84. The minimum atomic E-state index is -1.21. The second-order valence-corrected chi connectivity index (χ2v) is 8.97. The number of carboxylic acid groups (broad SMARTS) is 1. The molecule has 3 N–H and O–H groups in total. The van der Waals surface area contributed by atoms with Crippen molar-refractivity contribution >= 4 is 39.0 Å². The Morgan fingerprint density at radius 1 is 0.912 bits per heavy atom. The molecule has 1 aliphatic rings. The predicted molar refractivity (Wildman–Crippen MR) is 134 cm³/mol. The third kappa shape index (κ3) is 3.22. The van der Waals surface area contributed by atoms with Gasteiger partial charge in [-0.3, -0.25) is 4.98 Å². The average molecular weight is 447 g/mol. The lowest BCUT2D eigenvalue weighted by Gasteiger charge is -2.30. The molecule has 0 atom stereocenters. The first-order valence-electron chi connectivity index (χ1n) is 10.9. The Morgan fingerprint density at radius 3 is 2.29 bits per heavy atom. The van der Waals surface area contributed by atoms with E-state index in [0.717, 1.165) is 32.7 Å². The highest BCUT2D eigenvalue weighted by Gasteiger charge is 2.37. The Morgan fingerprint density at radius 2 is 1.59 bits per heavy atom. The Bertz CT molecular complexity index is 1610. The maximum Gasteiger partial charge on any atom is 0.337 e. The number of fused-ring (bicyclic) bond motifs is 2. The largest absolute Gasteiger partial charge is 0.478 e. The van der Waals surface area contributed by atoms with Gasteiger partial charge in [0, 0.05) is 40.0 Å². The number of allylic oxidation sites excluding steroid dienone is 2. The maximum atomic E-state index is 12.5. The van der Waals surface area contributed by atoms with E-state index in [2.05, 4.69) is 4.98 Å². The van der Waals surface area contributed by atoms with Crippen molar-refractivity contribution in [1.82, 2.24) is 4.98 Å². The number of pyridine rings is 1. The molecule has 34 heavy (non-hydrogen) atoms. The highest BCUT2D eigenvalue weighted by Crippen LogP contribution is 2.46. The van der Waals surface area contributed by atoms with E-state index in [4.69, 9.17) is 5.73 Å². The van der Waals surface area contributed by atoms with Crippen LogP contribution in [0.2, 0.25) is 0 Å². The topological polar surface area (TPSA) is 93.3 Å². The van der Waals surface area contributed by atoms with Gasteiger partial charge in [0.05, 0.1) is 11.1 Å². The SMILES string of the molecule is CC1(C)C=C(N)C(c2cccc3cccc(-c4cncc5ccccc45)c23)=C(C(=O)O)C1=C=O. The lowest BCUT2D eigenvalue weighted by Crippen LogP contribution is -2.26. The summed E-state index contributed by atoms with van der Waals surface area (Å²) in [7, 11) is 0. The fourth-order valence-electron chi connectivity index (χ4n) is 4.92. The van der Waals surface area contributed by atoms with Crippen molar-refractivity contribution in [3.05, 3.63) is 102 Å². The molecule has 0 spiro atoms. The molecular weight excluding hydrogens is 424 g/mol. The minimum Gasteiger partial charge on any atom is -0.478 e. The number of carbonyl (C=O) groups excluding carboxylic acids is 1. The number of carboxylic acids is 1. The summed E-state index contributed by atoms with van der Waals surface area (Å²) in [6.45, 7) is 3.52. The van der Waals surface area contributed by atoms with Gasteiger partial charge in [0.1, 0.15) is 5.94 Å². The lowest BCUT2D eigenvalue weighted by molar-refractivity contribution is -0.132. The Labute approximate surface area is 196 Å². The number of hydrogen-bond donors (Lipinski definition) is 2. The molecule has 1 heterocycles. The van der Waals surface area contributed by atoms with E-state index in [1.807, 2.05) is 79.0 Å². The zero-order valence-electron chi connectivity index (χ0n) is 18.8. The van der Waals surface area contributed by atoms with Crippen LogP contribution in [0, 0.1) is 5.41 Å². The van der Waals surface area contributed by atoms with Gasteiger partial charge in [0.2, 0.25) is 0 Å². The van der Waals surface area contributed by atoms with Gasteiger partial charge in [-0.1, -0.05) is 74.5 Å². The van der Waals surface area contributed by atoms with Gasteiger partial charge in [0.15, 0.2) is 0 Å². The summed E-state index contributed by atoms with van der Waals surface area (Å²) < 4.78 is 0. The molecule has 0 unspecified atom stereocenters. The first-order valence-corrected chi connectivity index (χ1v) is 10.9. The molecule has 0 saturated heterocycles. The van der Waals surface area contributed by atoms with E-state index in [9.17, 15) is 14.7 Å². The molecule has 0 saturated carbocycles. The van der Waals surface area contributed by atoms with Crippen LogP contribution in [-0.4, -0.2) is 22.0 Å². The number of benzene rings is 3. The molecule has 0 aliphatic heterocycles. The van der Waals surface area contributed by atoms with Gasteiger partial charge < -0.3 is 10.8 Å². The van der Waals surface area contributed by atoms with Crippen molar-refractivity contribution in [2.24, 2.45) is 11.1 Å². The summed E-state index contributed by atoms with van der Waals surface area (Å²) in [4.78, 5) is 28.8. The molecule has 166 valence electrons. The minimum absolute atomic E-state index is 0.0745.